The van der Waals surface area contributed by atoms with Gasteiger partial charge in [0.15, 0.2) is 0 Å². The molecule has 0 aliphatic carbocycles. The summed E-state index contributed by atoms with van der Waals surface area (Å²) in [5.41, 5.74) is 3.39. The molecule has 28 heavy (non-hydrogen) atoms. The van der Waals surface area contributed by atoms with E-state index in [1.165, 1.54) is 5.56 Å². The zero-order chi connectivity index (χ0) is 19.2. The Hall–Kier alpha value is -2.04. The Labute approximate surface area is 174 Å². The summed E-state index contributed by atoms with van der Waals surface area (Å²) in [7, 11) is 1.66. The van der Waals surface area contributed by atoms with Crippen molar-refractivity contribution in [3.05, 3.63) is 59.7 Å². The van der Waals surface area contributed by atoms with E-state index < -0.39 is 0 Å². The number of nitrogens with zero attached hydrogens (tertiary/aromatic N) is 1. The van der Waals surface area contributed by atoms with Crippen LogP contribution in [-0.2, 0) is 11.3 Å². The van der Waals surface area contributed by atoms with Gasteiger partial charge < -0.3 is 15.0 Å². The predicted molar refractivity (Wildman–Crippen MR) is 118 cm³/mol. The average molecular weight is 403 g/mol. The maximum absolute atomic E-state index is 13.3. The molecule has 0 unspecified atom stereocenters. The maximum Gasteiger partial charge on any atom is 0.230 e. The van der Waals surface area contributed by atoms with Gasteiger partial charge in [0.2, 0.25) is 5.91 Å². The molecule has 0 atom stereocenters. The SMILES string of the molecule is COc1ccc(N(Cc2ccc(C(C)C)cc2)C(=O)C2CCNCC2)cc1.Cl. The lowest BCUT2D eigenvalue weighted by molar-refractivity contribution is -0.123. The fourth-order valence-corrected chi connectivity index (χ4v) is 3.54. The van der Waals surface area contributed by atoms with E-state index in [2.05, 4.69) is 43.4 Å². The molecule has 4 nitrogen and oxygen atoms in total. The number of hydrogen-bond donors (Lipinski definition) is 1. The molecule has 0 bridgehead atoms. The Morgan fingerprint density at radius 2 is 1.68 bits per heavy atom. The third kappa shape index (κ3) is 5.49. The van der Waals surface area contributed by atoms with E-state index in [1.54, 1.807) is 7.11 Å². The number of hydrogen-bond acceptors (Lipinski definition) is 3. The highest BCUT2D eigenvalue weighted by Crippen LogP contribution is 2.26. The van der Waals surface area contributed by atoms with E-state index in [9.17, 15) is 4.79 Å². The van der Waals surface area contributed by atoms with Crippen LogP contribution in [0, 0.1) is 5.92 Å². The summed E-state index contributed by atoms with van der Waals surface area (Å²) in [4.78, 5) is 15.2. The predicted octanol–water partition coefficient (Wildman–Crippen LogP) is 4.77. The van der Waals surface area contributed by atoms with Crippen LogP contribution in [0.25, 0.3) is 0 Å². The van der Waals surface area contributed by atoms with E-state index in [1.807, 2.05) is 29.2 Å². The number of benzene rings is 2. The second-order valence-electron chi connectivity index (χ2n) is 7.54. The van der Waals surface area contributed by atoms with Crippen molar-refractivity contribution in [2.24, 2.45) is 5.92 Å². The number of nitrogens with one attached hydrogen (secondary N) is 1. The van der Waals surface area contributed by atoms with Gasteiger partial charge in [-0.1, -0.05) is 38.1 Å². The van der Waals surface area contributed by atoms with Crippen molar-refractivity contribution in [2.75, 3.05) is 25.1 Å². The number of amides is 1. The van der Waals surface area contributed by atoms with Crippen LogP contribution in [0.4, 0.5) is 5.69 Å². The molecule has 0 saturated carbocycles. The van der Waals surface area contributed by atoms with Crippen molar-refractivity contribution in [3.63, 3.8) is 0 Å². The molecule has 0 spiro atoms. The molecule has 3 rings (SSSR count). The highest BCUT2D eigenvalue weighted by atomic mass is 35.5. The molecule has 1 saturated heterocycles. The molecule has 1 N–H and O–H groups in total. The number of anilines is 1. The number of halogens is 1. The van der Waals surface area contributed by atoms with Gasteiger partial charge in [-0.15, -0.1) is 12.4 Å². The molecule has 1 aliphatic rings. The average Bonchev–Trinajstić information content (AvgIpc) is 2.72. The standard InChI is InChI=1S/C23H30N2O2.ClH/c1-17(2)19-6-4-18(5-7-19)16-25(21-8-10-22(27-3)11-9-21)23(26)20-12-14-24-15-13-20;/h4-11,17,20,24H,12-16H2,1-3H3;1H. The quantitative estimate of drug-likeness (QED) is 0.756. The van der Waals surface area contributed by atoms with Crippen LogP contribution in [0.1, 0.15) is 43.7 Å². The minimum Gasteiger partial charge on any atom is -0.497 e. The number of methoxy groups -OCH3 is 1. The summed E-state index contributed by atoms with van der Waals surface area (Å²) in [5.74, 6) is 1.61. The zero-order valence-corrected chi connectivity index (χ0v) is 17.8. The first-order valence-corrected chi connectivity index (χ1v) is 9.83. The highest BCUT2D eigenvalue weighted by Gasteiger charge is 2.27. The van der Waals surface area contributed by atoms with Crippen LogP contribution in [0.3, 0.4) is 0 Å². The number of carbonyl (C=O) groups excluding carboxylic acids is 1. The monoisotopic (exact) mass is 402 g/mol. The summed E-state index contributed by atoms with van der Waals surface area (Å²) in [6.45, 7) is 6.80. The molecular formula is C23H31ClN2O2. The smallest absolute Gasteiger partial charge is 0.230 e. The molecule has 1 fully saturated rings. The first-order chi connectivity index (χ1) is 13.1. The zero-order valence-electron chi connectivity index (χ0n) is 17.0. The van der Waals surface area contributed by atoms with E-state index in [4.69, 9.17) is 4.74 Å². The van der Waals surface area contributed by atoms with Crippen LogP contribution in [-0.4, -0.2) is 26.1 Å². The van der Waals surface area contributed by atoms with Crippen molar-refractivity contribution >= 4 is 24.0 Å². The third-order valence-electron chi connectivity index (χ3n) is 5.33. The van der Waals surface area contributed by atoms with Crippen molar-refractivity contribution in [1.82, 2.24) is 5.32 Å². The number of carbonyl (C=O) groups is 1. The molecule has 1 heterocycles. The van der Waals surface area contributed by atoms with Gasteiger partial charge >= 0.3 is 0 Å². The number of piperidine rings is 1. The second-order valence-corrected chi connectivity index (χ2v) is 7.54. The van der Waals surface area contributed by atoms with E-state index in [-0.39, 0.29) is 24.2 Å². The molecule has 2 aromatic rings. The van der Waals surface area contributed by atoms with Crippen LogP contribution in [0.5, 0.6) is 5.75 Å². The van der Waals surface area contributed by atoms with Crippen molar-refractivity contribution in [1.29, 1.82) is 0 Å². The lowest BCUT2D eigenvalue weighted by Crippen LogP contribution is -2.40. The lowest BCUT2D eigenvalue weighted by atomic mass is 9.95. The maximum atomic E-state index is 13.3. The van der Waals surface area contributed by atoms with Crippen molar-refractivity contribution < 1.29 is 9.53 Å². The minimum atomic E-state index is 0. The Morgan fingerprint density at radius 3 is 2.21 bits per heavy atom. The second kappa shape index (κ2) is 10.5. The normalized spacial score (nSPS) is 14.4. The Morgan fingerprint density at radius 1 is 1.07 bits per heavy atom. The summed E-state index contributed by atoms with van der Waals surface area (Å²) in [5, 5.41) is 3.34. The summed E-state index contributed by atoms with van der Waals surface area (Å²) in [6, 6.07) is 16.4. The minimum absolute atomic E-state index is 0. The fraction of sp³-hybridized carbons (Fsp3) is 0.435. The van der Waals surface area contributed by atoms with Gasteiger partial charge in [-0.3, -0.25) is 4.79 Å². The van der Waals surface area contributed by atoms with Gasteiger partial charge in [0.1, 0.15) is 5.75 Å². The van der Waals surface area contributed by atoms with E-state index >= 15 is 0 Å². The topological polar surface area (TPSA) is 41.6 Å². The molecule has 5 heteroatoms. The van der Waals surface area contributed by atoms with Gasteiger partial charge in [-0.25, -0.2) is 0 Å². The number of rotatable bonds is 6. The summed E-state index contributed by atoms with van der Waals surface area (Å²) < 4.78 is 5.27. The first kappa shape index (κ1) is 22.3. The third-order valence-corrected chi connectivity index (χ3v) is 5.33. The molecule has 2 aromatic carbocycles. The highest BCUT2D eigenvalue weighted by molar-refractivity contribution is 5.95. The van der Waals surface area contributed by atoms with E-state index in [0.29, 0.717) is 12.5 Å². The first-order valence-electron chi connectivity index (χ1n) is 9.83. The molecular weight excluding hydrogens is 372 g/mol. The van der Waals surface area contributed by atoms with Crippen molar-refractivity contribution in [2.45, 2.75) is 39.2 Å². The molecule has 1 amide bonds. The Kier molecular flexibility index (Phi) is 8.34. The van der Waals surface area contributed by atoms with Gasteiger partial charge in [0.25, 0.3) is 0 Å². The van der Waals surface area contributed by atoms with Gasteiger partial charge in [-0.05, 0) is 67.2 Å². The van der Waals surface area contributed by atoms with Crippen LogP contribution < -0.4 is 15.0 Å². The van der Waals surface area contributed by atoms with Crippen LogP contribution in [0.15, 0.2) is 48.5 Å². The van der Waals surface area contributed by atoms with Crippen LogP contribution >= 0.6 is 12.4 Å². The fourth-order valence-electron chi connectivity index (χ4n) is 3.54. The molecule has 1 aliphatic heterocycles. The Balaban J connectivity index is 0.00000280. The Bertz CT molecular complexity index is 738. The molecule has 0 aromatic heterocycles. The molecule has 152 valence electrons. The van der Waals surface area contributed by atoms with Gasteiger partial charge in [0, 0.05) is 11.6 Å². The lowest BCUT2D eigenvalue weighted by Gasteiger charge is -2.30. The van der Waals surface area contributed by atoms with E-state index in [0.717, 1.165) is 42.9 Å². The van der Waals surface area contributed by atoms with Gasteiger partial charge in [-0.2, -0.15) is 0 Å². The molecule has 0 radical (unpaired) electrons. The largest absolute Gasteiger partial charge is 0.497 e. The van der Waals surface area contributed by atoms with Crippen molar-refractivity contribution in [3.8, 4) is 5.75 Å². The summed E-state index contributed by atoms with van der Waals surface area (Å²) in [6.07, 6.45) is 1.80. The van der Waals surface area contributed by atoms with Gasteiger partial charge in [0.05, 0.1) is 13.7 Å². The van der Waals surface area contributed by atoms with Crippen LogP contribution in [0.2, 0.25) is 0 Å². The number of ether oxygens (including phenoxy) is 1. The summed E-state index contributed by atoms with van der Waals surface area (Å²) >= 11 is 0.